The molecule has 0 saturated heterocycles. The highest BCUT2D eigenvalue weighted by molar-refractivity contribution is 6.43. The van der Waals surface area contributed by atoms with Crippen molar-refractivity contribution >= 4 is 34.9 Å². The molecule has 2 aromatic heterocycles. The number of nitrogens with zero attached hydrogens (tertiary/aromatic N) is 2. The molecule has 2 heterocycles. The van der Waals surface area contributed by atoms with E-state index in [1.54, 1.807) is 30.3 Å². The molecule has 0 saturated carbocycles. The molecular weight excluding hydrogens is 289 g/mol. The van der Waals surface area contributed by atoms with Crippen LogP contribution in [0.4, 0.5) is 11.7 Å². The molecule has 3 aromatic rings. The second kappa shape index (κ2) is 4.95. The van der Waals surface area contributed by atoms with Gasteiger partial charge in [0, 0.05) is 0 Å². The molecule has 0 aliphatic carbocycles. The molecule has 0 spiro atoms. The number of halogens is 2. The smallest absolute Gasteiger partial charge is 0.320 e. The normalized spacial score (nSPS) is 10.6. The predicted octanol–water partition coefficient (Wildman–Crippen LogP) is 4.38. The van der Waals surface area contributed by atoms with Gasteiger partial charge in [-0.1, -0.05) is 34.4 Å². The minimum absolute atomic E-state index is 0.204. The molecule has 0 unspecified atom stereocenters. The lowest BCUT2D eigenvalue weighted by atomic mass is 10.3. The summed E-state index contributed by atoms with van der Waals surface area (Å²) in [5.74, 6) is 0.781. The van der Waals surface area contributed by atoms with Gasteiger partial charge in [-0.2, -0.15) is 0 Å². The highest BCUT2D eigenvalue weighted by Gasteiger charge is 2.12. The Bertz CT molecular complexity index is 695. The Kier molecular flexibility index (Phi) is 3.15. The second-order valence-corrected chi connectivity index (χ2v) is 4.40. The van der Waals surface area contributed by atoms with Crippen LogP contribution in [0.5, 0.6) is 0 Å². The van der Waals surface area contributed by atoms with Gasteiger partial charge in [-0.15, -0.1) is 5.10 Å². The van der Waals surface area contributed by atoms with Crippen molar-refractivity contribution in [3.8, 4) is 11.7 Å². The monoisotopic (exact) mass is 295 g/mol. The third-order valence-electron chi connectivity index (χ3n) is 2.35. The predicted molar refractivity (Wildman–Crippen MR) is 71.7 cm³/mol. The van der Waals surface area contributed by atoms with E-state index < -0.39 is 0 Å². The number of hydrogen-bond acceptors (Lipinski definition) is 5. The largest absolute Gasteiger partial charge is 0.459 e. The van der Waals surface area contributed by atoms with Gasteiger partial charge in [0.15, 0.2) is 5.76 Å². The van der Waals surface area contributed by atoms with Crippen LogP contribution >= 0.6 is 23.2 Å². The molecule has 96 valence electrons. The molecule has 0 bridgehead atoms. The van der Waals surface area contributed by atoms with Gasteiger partial charge in [0.1, 0.15) is 0 Å². The summed E-state index contributed by atoms with van der Waals surface area (Å²) in [6.07, 6.45) is 1.53. The van der Waals surface area contributed by atoms with E-state index in [9.17, 15) is 0 Å². The van der Waals surface area contributed by atoms with E-state index in [-0.39, 0.29) is 11.9 Å². The lowest BCUT2D eigenvalue weighted by Gasteiger charge is -2.04. The fourth-order valence-electron chi connectivity index (χ4n) is 1.49. The van der Waals surface area contributed by atoms with Crippen molar-refractivity contribution in [1.29, 1.82) is 0 Å². The van der Waals surface area contributed by atoms with Gasteiger partial charge >= 0.3 is 6.01 Å². The summed E-state index contributed by atoms with van der Waals surface area (Å²) in [6, 6.07) is 8.88. The molecule has 0 fully saturated rings. The van der Waals surface area contributed by atoms with Crippen molar-refractivity contribution in [3.63, 3.8) is 0 Å². The highest BCUT2D eigenvalue weighted by Crippen LogP contribution is 2.32. The van der Waals surface area contributed by atoms with E-state index >= 15 is 0 Å². The molecular formula is C12H7Cl2N3O2. The topological polar surface area (TPSA) is 64.1 Å². The Balaban J connectivity index is 1.86. The maximum absolute atomic E-state index is 6.05. The zero-order valence-corrected chi connectivity index (χ0v) is 10.9. The van der Waals surface area contributed by atoms with Crippen LogP contribution in [0.15, 0.2) is 45.4 Å². The summed E-state index contributed by atoms with van der Waals surface area (Å²) >= 11 is 12.0. The van der Waals surface area contributed by atoms with Gasteiger partial charge in [-0.25, -0.2) is 0 Å². The van der Waals surface area contributed by atoms with Crippen LogP contribution in [0, 0.1) is 0 Å². The number of rotatable bonds is 3. The van der Waals surface area contributed by atoms with Gasteiger partial charge < -0.3 is 14.2 Å². The Labute approximate surface area is 118 Å². The van der Waals surface area contributed by atoms with E-state index in [1.165, 1.54) is 6.26 Å². The van der Waals surface area contributed by atoms with Crippen molar-refractivity contribution in [2.24, 2.45) is 0 Å². The Morgan fingerprint density at radius 1 is 1.05 bits per heavy atom. The maximum Gasteiger partial charge on any atom is 0.320 e. The summed E-state index contributed by atoms with van der Waals surface area (Å²) in [5, 5.41) is 11.4. The Morgan fingerprint density at radius 3 is 2.74 bits per heavy atom. The minimum Gasteiger partial charge on any atom is -0.459 e. The van der Waals surface area contributed by atoms with Gasteiger partial charge in [0.25, 0.3) is 5.89 Å². The van der Waals surface area contributed by atoms with Crippen LogP contribution in [-0.4, -0.2) is 10.2 Å². The van der Waals surface area contributed by atoms with Crippen LogP contribution in [-0.2, 0) is 0 Å². The van der Waals surface area contributed by atoms with E-state index in [2.05, 4.69) is 15.5 Å². The molecule has 7 heteroatoms. The number of hydrogen-bond donors (Lipinski definition) is 1. The maximum atomic E-state index is 6.05. The molecule has 0 radical (unpaired) electrons. The molecule has 1 aromatic carbocycles. The molecule has 1 N–H and O–H groups in total. The van der Waals surface area contributed by atoms with Gasteiger partial charge in [0.05, 0.1) is 22.0 Å². The second-order valence-electron chi connectivity index (χ2n) is 3.62. The van der Waals surface area contributed by atoms with Gasteiger partial charge in [-0.3, -0.25) is 0 Å². The number of nitrogens with one attached hydrogen (secondary N) is 1. The standard InChI is InChI=1S/C12H7Cl2N3O2/c13-7-3-1-4-8(10(7)14)15-12-17-16-11(19-12)9-5-2-6-18-9/h1-6H,(H,15,17). The highest BCUT2D eigenvalue weighted by atomic mass is 35.5. The van der Waals surface area contributed by atoms with Crippen LogP contribution in [0.3, 0.4) is 0 Å². The molecule has 5 nitrogen and oxygen atoms in total. The van der Waals surface area contributed by atoms with Gasteiger partial charge in [0.2, 0.25) is 0 Å². The quantitative estimate of drug-likeness (QED) is 0.777. The van der Waals surface area contributed by atoms with Crippen molar-refractivity contribution in [2.45, 2.75) is 0 Å². The van der Waals surface area contributed by atoms with E-state index in [1.807, 2.05) is 0 Å². The summed E-state index contributed by atoms with van der Waals surface area (Å²) in [5.41, 5.74) is 0.587. The Morgan fingerprint density at radius 2 is 1.95 bits per heavy atom. The van der Waals surface area contributed by atoms with Gasteiger partial charge in [-0.05, 0) is 24.3 Å². The third-order valence-corrected chi connectivity index (χ3v) is 3.17. The molecule has 0 aliphatic heterocycles. The average Bonchev–Trinajstić information content (AvgIpc) is 3.05. The first-order valence-electron chi connectivity index (χ1n) is 5.32. The van der Waals surface area contributed by atoms with E-state index in [0.717, 1.165) is 0 Å². The lowest BCUT2D eigenvalue weighted by Crippen LogP contribution is -1.91. The number of benzene rings is 1. The van der Waals surface area contributed by atoms with Crippen LogP contribution in [0.25, 0.3) is 11.7 Å². The zero-order valence-electron chi connectivity index (χ0n) is 9.43. The fourth-order valence-corrected chi connectivity index (χ4v) is 1.84. The summed E-state index contributed by atoms with van der Waals surface area (Å²) in [4.78, 5) is 0. The molecule has 0 aliphatic rings. The Hall–Kier alpha value is -1.98. The average molecular weight is 296 g/mol. The minimum atomic E-state index is 0.204. The summed E-state index contributed by atoms with van der Waals surface area (Å²) in [7, 11) is 0. The molecule has 3 rings (SSSR count). The third kappa shape index (κ3) is 2.43. The van der Waals surface area contributed by atoms with Crippen molar-refractivity contribution in [1.82, 2.24) is 10.2 Å². The van der Waals surface area contributed by atoms with E-state index in [4.69, 9.17) is 32.0 Å². The number of aromatic nitrogens is 2. The van der Waals surface area contributed by atoms with Crippen molar-refractivity contribution in [2.75, 3.05) is 5.32 Å². The van der Waals surface area contributed by atoms with Crippen molar-refractivity contribution in [3.05, 3.63) is 46.6 Å². The van der Waals surface area contributed by atoms with Crippen LogP contribution < -0.4 is 5.32 Å². The summed E-state index contributed by atoms with van der Waals surface area (Å²) < 4.78 is 10.6. The number of anilines is 2. The van der Waals surface area contributed by atoms with Crippen LogP contribution in [0.1, 0.15) is 0 Å². The van der Waals surface area contributed by atoms with Crippen LogP contribution in [0.2, 0.25) is 10.0 Å². The first-order valence-corrected chi connectivity index (χ1v) is 6.08. The number of furan rings is 1. The molecule has 0 amide bonds. The van der Waals surface area contributed by atoms with Crippen molar-refractivity contribution < 1.29 is 8.83 Å². The summed E-state index contributed by atoms with van der Waals surface area (Å²) in [6.45, 7) is 0. The first-order chi connectivity index (χ1) is 9.24. The molecule has 0 atom stereocenters. The fraction of sp³-hybridized carbons (Fsp3) is 0. The van der Waals surface area contributed by atoms with E-state index in [0.29, 0.717) is 21.5 Å². The zero-order chi connectivity index (χ0) is 13.2. The molecule has 19 heavy (non-hydrogen) atoms. The first kappa shape index (κ1) is 12.1. The lowest BCUT2D eigenvalue weighted by molar-refractivity contribution is 0.524. The SMILES string of the molecule is Clc1cccc(Nc2nnc(-c3ccco3)o2)c1Cl.